The van der Waals surface area contributed by atoms with Crippen LogP contribution in [0.5, 0.6) is 5.88 Å². The molecule has 0 spiro atoms. The van der Waals surface area contributed by atoms with E-state index in [0.29, 0.717) is 5.88 Å². The van der Waals surface area contributed by atoms with Crippen molar-refractivity contribution in [3.05, 3.63) is 30.0 Å². The number of aromatic nitrogens is 2. The molecule has 16 heavy (non-hydrogen) atoms. The number of hydrogen-bond acceptors (Lipinski definition) is 3. The molecular weight excluding hydrogens is 200 g/mol. The predicted octanol–water partition coefficient (Wildman–Crippen LogP) is 2.73. The maximum Gasteiger partial charge on any atom is 0.241 e. The average molecular weight is 214 g/mol. The predicted molar refractivity (Wildman–Crippen MR) is 62.5 cm³/mol. The molecule has 1 aliphatic carbocycles. The highest BCUT2D eigenvalue weighted by Gasteiger charge is 2.22. The lowest BCUT2D eigenvalue weighted by molar-refractivity contribution is 0.289. The number of aryl methyl sites for hydroxylation is 1. The Hall–Kier alpha value is -1.64. The number of rotatable bonds is 3. The first-order chi connectivity index (χ1) is 7.84. The van der Waals surface area contributed by atoms with Crippen LogP contribution < -0.4 is 4.74 Å². The van der Waals surface area contributed by atoms with E-state index >= 15 is 0 Å². The first-order valence-electron chi connectivity index (χ1n) is 5.69. The number of nitrogens with zero attached hydrogens (tertiary/aromatic N) is 2. The summed E-state index contributed by atoms with van der Waals surface area (Å²) in [5.74, 6) is 1.41. The molecule has 0 saturated heterocycles. The number of hydrogen-bond donors (Lipinski definition) is 0. The van der Waals surface area contributed by atoms with E-state index in [4.69, 9.17) is 4.74 Å². The SMILES string of the molecule is Cc1nnc(OCC2CC2)c2ccccc12. The van der Waals surface area contributed by atoms with Crippen molar-refractivity contribution in [3.63, 3.8) is 0 Å². The summed E-state index contributed by atoms with van der Waals surface area (Å²) in [5, 5.41) is 10.5. The van der Waals surface area contributed by atoms with Gasteiger partial charge < -0.3 is 4.74 Å². The van der Waals surface area contributed by atoms with Crippen LogP contribution >= 0.6 is 0 Å². The molecule has 2 aromatic rings. The molecule has 1 saturated carbocycles. The lowest BCUT2D eigenvalue weighted by atomic mass is 10.1. The molecule has 0 bridgehead atoms. The normalized spacial score (nSPS) is 15.3. The van der Waals surface area contributed by atoms with Crippen molar-refractivity contribution in [2.75, 3.05) is 6.61 Å². The van der Waals surface area contributed by atoms with E-state index < -0.39 is 0 Å². The summed E-state index contributed by atoms with van der Waals surface area (Å²) >= 11 is 0. The average Bonchev–Trinajstić information content (AvgIpc) is 3.13. The van der Waals surface area contributed by atoms with Crippen LogP contribution in [-0.4, -0.2) is 16.8 Å². The summed E-state index contributed by atoms with van der Waals surface area (Å²) in [4.78, 5) is 0. The molecule has 0 amide bonds. The highest BCUT2D eigenvalue weighted by atomic mass is 16.5. The minimum absolute atomic E-state index is 0.674. The van der Waals surface area contributed by atoms with Gasteiger partial charge >= 0.3 is 0 Å². The van der Waals surface area contributed by atoms with Gasteiger partial charge in [0.2, 0.25) is 5.88 Å². The molecule has 1 aliphatic rings. The van der Waals surface area contributed by atoms with E-state index in [1.165, 1.54) is 12.8 Å². The largest absolute Gasteiger partial charge is 0.476 e. The molecule has 1 aromatic carbocycles. The molecule has 82 valence electrons. The van der Waals surface area contributed by atoms with E-state index in [0.717, 1.165) is 29.0 Å². The minimum Gasteiger partial charge on any atom is -0.476 e. The van der Waals surface area contributed by atoms with Crippen molar-refractivity contribution < 1.29 is 4.74 Å². The Kier molecular flexibility index (Phi) is 2.24. The van der Waals surface area contributed by atoms with Crippen LogP contribution in [0, 0.1) is 12.8 Å². The van der Waals surface area contributed by atoms with Crippen molar-refractivity contribution in [1.29, 1.82) is 0 Å². The Labute approximate surface area is 94.5 Å². The lowest BCUT2D eigenvalue weighted by Crippen LogP contribution is -2.03. The summed E-state index contributed by atoms with van der Waals surface area (Å²) in [5.41, 5.74) is 0.953. The van der Waals surface area contributed by atoms with Gasteiger partial charge in [-0.25, -0.2) is 0 Å². The molecule has 0 unspecified atom stereocenters. The summed E-state index contributed by atoms with van der Waals surface area (Å²) in [6.45, 7) is 2.75. The van der Waals surface area contributed by atoms with Gasteiger partial charge in [-0.2, -0.15) is 5.10 Å². The first kappa shape index (κ1) is 9.58. The van der Waals surface area contributed by atoms with Gasteiger partial charge in [0.1, 0.15) is 0 Å². The van der Waals surface area contributed by atoms with Gasteiger partial charge in [0.25, 0.3) is 0 Å². The van der Waals surface area contributed by atoms with Gasteiger partial charge in [-0.1, -0.05) is 18.2 Å². The summed E-state index contributed by atoms with van der Waals surface area (Å²) in [6, 6.07) is 8.12. The van der Waals surface area contributed by atoms with E-state index in [-0.39, 0.29) is 0 Å². The van der Waals surface area contributed by atoms with Crippen LogP contribution in [0.25, 0.3) is 10.8 Å². The number of ether oxygens (including phenoxy) is 1. The van der Waals surface area contributed by atoms with E-state index in [1.807, 2.05) is 25.1 Å². The molecule has 3 nitrogen and oxygen atoms in total. The van der Waals surface area contributed by atoms with E-state index in [1.54, 1.807) is 0 Å². The summed E-state index contributed by atoms with van der Waals surface area (Å²) in [7, 11) is 0. The Morgan fingerprint density at radius 2 is 1.94 bits per heavy atom. The van der Waals surface area contributed by atoms with Crippen molar-refractivity contribution >= 4 is 10.8 Å². The zero-order chi connectivity index (χ0) is 11.0. The molecule has 3 rings (SSSR count). The second kappa shape index (κ2) is 3.74. The fourth-order valence-corrected chi connectivity index (χ4v) is 1.80. The molecule has 1 heterocycles. The van der Waals surface area contributed by atoms with Gasteiger partial charge in [0.05, 0.1) is 12.3 Å². The smallest absolute Gasteiger partial charge is 0.241 e. The monoisotopic (exact) mass is 214 g/mol. The fourth-order valence-electron chi connectivity index (χ4n) is 1.80. The maximum absolute atomic E-state index is 5.72. The van der Waals surface area contributed by atoms with Crippen molar-refractivity contribution in [2.24, 2.45) is 5.92 Å². The van der Waals surface area contributed by atoms with Gasteiger partial charge in [-0.05, 0) is 31.7 Å². The van der Waals surface area contributed by atoms with Crippen LogP contribution in [0.2, 0.25) is 0 Å². The Bertz CT molecular complexity index is 520. The zero-order valence-electron chi connectivity index (χ0n) is 9.31. The van der Waals surface area contributed by atoms with Crippen LogP contribution in [0.3, 0.4) is 0 Å². The first-order valence-corrected chi connectivity index (χ1v) is 5.69. The molecule has 1 fully saturated rings. The van der Waals surface area contributed by atoms with Crippen molar-refractivity contribution in [2.45, 2.75) is 19.8 Å². The lowest BCUT2D eigenvalue weighted by Gasteiger charge is -2.07. The van der Waals surface area contributed by atoms with Crippen LogP contribution in [0.15, 0.2) is 24.3 Å². The van der Waals surface area contributed by atoms with E-state index in [2.05, 4.69) is 16.3 Å². The Balaban J connectivity index is 1.99. The summed E-state index contributed by atoms with van der Waals surface area (Å²) < 4.78 is 5.72. The topological polar surface area (TPSA) is 35.0 Å². The Morgan fingerprint density at radius 3 is 2.69 bits per heavy atom. The highest BCUT2D eigenvalue weighted by molar-refractivity contribution is 5.88. The van der Waals surface area contributed by atoms with Crippen molar-refractivity contribution in [1.82, 2.24) is 10.2 Å². The second-order valence-electron chi connectivity index (χ2n) is 4.39. The summed E-state index contributed by atoms with van der Waals surface area (Å²) in [6.07, 6.45) is 2.58. The third-order valence-corrected chi connectivity index (χ3v) is 2.99. The third kappa shape index (κ3) is 1.73. The van der Waals surface area contributed by atoms with Crippen LogP contribution in [-0.2, 0) is 0 Å². The number of benzene rings is 1. The van der Waals surface area contributed by atoms with Gasteiger partial charge in [-0.3, -0.25) is 0 Å². The second-order valence-corrected chi connectivity index (χ2v) is 4.39. The van der Waals surface area contributed by atoms with Crippen LogP contribution in [0.4, 0.5) is 0 Å². The van der Waals surface area contributed by atoms with Crippen molar-refractivity contribution in [3.8, 4) is 5.88 Å². The zero-order valence-corrected chi connectivity index (χ0v) is 9.31. The Morgan fingerprint density at radius 1 is 1.19 bits per heavy atom. The van der Waals surface area contributed by atoms with Gasteiger partial charge in [0.15, 0.2) is 0 Å². The minimum atomic E-state index is 0.674. The molecule has 0 radical (unpaired) electrons. The van der Waals surface area contributed by atoms with Gasteiger partial charge in [-0.15, -0.1) is 5.10 Å². The third-order valence-electron chi connectivity index (χ3n) is 2.99. The molecular formula is C13H14N2O. The molecule has 0 atom stereocenters. The highest BCUT2D eigenvalue weighted by Crippen LogP contribution is 2.31. The van der Waals surface area contributed by atoms with Crippen LogP contribution in [0.1, 0.15) is 18.5 Å². The maximum atomic E-state index is 5.72. The molecule has 1 aromatic heterocycles. The van der Waals surface area contributed by atoms with Gasteiger partial charge in [0, 0.05) is 10.8 Å². The standard InChI is InChI=1S/C13H14N2O/c1-9-11-4-2-3-5-12(11)13(15-14-9)16-8-10-6-7-10/h2-5,10H,6-8H2,1H3. The van der Waals surface area contributed by atoms with E-state index in [9.17, 15) is 0 Å². The number of fused-ring (bicyclic) bond motifs is 1. The molecule has 3 heteroatoms. The molecule has 0 N–H and O–H groups in total. The molecule has 0 aliphatic heterocycles. The quantitative estimate of drug-likeness (QED) is 0.788. The fraction of sp³-hybridized carbons (Fsp3) is 0.385.